The highest BCUT2D eigenvalue weighted by Crippen LogP contribution is 2.18. The van der Waals surface area contributed by atoms with Gasteiger partial charge in [-0.25, -0.2) is 4.68 Å². The summed E-state index contributed by atoms with van der Waals surface area (Å²) in [6, 6.07) is 0.379. The second-order valence-corrected chi connectivity index (χ2v) is 4.10. The van der Waals surface area contributed by atoms with Crippen LogP contribution < -0.4 is 5.32 Å². The SMILES string of the molecule is CCc1noc(-c2cn([C@H]3CCNC3)nn2)n1. The molecule has 7 heteroatoms. The molecule has 90 valence electrons. The number of aromatic nitrogens is 5. The molecule has 0 unspecified atom stereocenters. The minimum Gasteiger partial charge on any atom is -0.332 e. The molecule has 17 heavy (non-hydrogen) atoms. The number of nitrogens with one attached hydrogen (secondary N) is 1. The van der Waals surface area contributed by atoms with Gasteiger partial charge in [0.1, 0.15) is 0 Å². The monoisotopic (exact) mass is 234 g/mol. The highest BCUT2D eigenvalue weighted by molar-refractivity contribution is 5.43. The normalized spacial score (nSPS) is 19.9. The van der Waals surface area contributed by atoms with Gasteiger partial charge >= 0.3 is 0 Å². The molecule has 1 N–H and O–H groups in total. The van der Waals surface area contributed by atoms with Crippen molar-refractivity contribution in [3.63, 3.8) is 0 Å². The van der Waals surface area contributed by atoms with E-state index in [1.54, 1.807) is 0 Å². The summed E-state index contributed by atoms with van der Waals surface area (Å²) >= 11 is 0. The third-order valence-electron chi connectivity index (χ3n) is 2.92. The van der Waals surface area contributed by atoms with Gasteiger partial charge in [-0.3, -0.25) is 0 Å². The van der Waals surface area contributed by atoms with Gasteiger partial charge in [0, 0.05) is 13.0 Å². The van der Waals surface area contributed by atoms with Crippen LogP contribution in [-0.2, 0) is 6.42 Å². The minimum atomic E-state index is 0.379. The summed E-state index contributed by atoms with van der Waals surface area (Å²) in [6.07, 6.45) is 3.70. The molecule has 0 spiro atoms. The van der Waals surface area contributed by atoms with E-state index >= 15 is 0 Å². The lowest BCUT2D eigenvalue weighted by atomic mass is 10.3. The Morgan fingerprint density at radius 2 is 2.53 bits per heavy atom. The molecule has 3 heterocycles. The van der Waals surface area contributed by atoms with E-state index < -0.39 is 0 Å². The van der Waals surface area contributed by atoms with Crippen LogP contribution in [0.4, 0.5) is 0 Å². The fraction of sp³-hybridized carbons (Fsp3) is 0.600. The van der Waals surface area contributed by atoms with Gasteiger partial charge in [-0.2, -0.15) is 4.98 Å². The van der Waals surface area contributed by atoms with Gasteiger partial charge in [0.2, 0.25) is 0 Å². The zero-order chi connectivity index (χ0) is 11.7. The highest BCUT2D eigenvalue weighted by atomic mass is 16.5. The van der Waals surface area contributed by atoms with Crippen molar-refractivity contribution in [2.24, 2.45) is 0 Å². The Balaban J connectivity index is 1.83. The van der Waals surface area contributed by atoms with E-state index in [1.807, 2.05) is 17.8 Å². The summed E-state index contributed by atoms with van der Waals surface area (Å²) in [5.41, 5.74) is 0.643. The van der Waals surface area contributed by atoms with Crippen LogP contribution in [0.2, 0.25) is 0 Å². The van der Waals surface area contributed by atoms with E-state index in [1.165, 1.54) is 0 Å². The Hall–Kier alpha value is -1.76. The van der Waals surface area contributed by atoms with Crippen molar-refractivity contribution in [1.82, 2.24) is 30.5 Å². The van der Waals surface area contributed by atoms with Gasteiger partial charge in [-0.15, -0.1) is 5.10 Å². The number of nitrogens with zero attached hydrogens (tertiary/aromatic N) is 5. The molecule has 1 fully saturated rings. The average Bonchev–Trinajstić information content (AvgIpc) is 3.09. The lowest BCUT2D eigenvalue weighted by Crippen LogP contribution is -2.13. The van der Waals surface area contributed by atoms with E-state index in [9.17, 15) is 0 Å². The third kappa shape index (κ3) is 1.93. The van der Waals surface area contributed by atoms with Gasteiger partial charge in [-0.1, -0.05) is 17.3 Å². The molecule has 0 amide bonds. The largest absolute Gasteiger partial charge is 0.332 e. The van der Waals surface area contributed by atoms with Gasteiger partial charge in [0.25, 0.3) is 5.89 Å². The van der Waals surface area contributed by atoms with Crippen molar-refractivity contribution in [3.05, 3.63) is 12.0 Å². The topological polar surface area (TPSA) is 81.7 Å². The number of rotatable bonds is 3. The lowest BCUT2D eigenvalue weighted by molar-refractivity contribution is 0.422. The number of hydrogen-bond acceptors (Lipinski definition) is 6. The molecule has 0 radical (unpaired) electrons. The van der Waals surface area contributed by atoms with E-state index in [-0.39, 0.29) is 0 Å². The Morgan fingerprint density at radius 1 is 1.59 bits per heavy atom. The van der Waals surface area contributed by atoms with E-state index in [0.29, 0.717) is 23.5 Å². The molecular formula is C10H14N6O. The molecule has 1 aliphatic rings. The van der Waals surface area contributed by atoms with Gasteiger partial charge in [-0.05, 0) is 13.0 Å². The number of aryl methyl sites for hydroxylation is 1. The predicted octanol–water partition coefficient (Wildman–Crippen LogP) is 0.425. The van der Waals surface area contributed by atoms with Crippen LogP contribution in [0, 0.1) is 0 Å². The van der Waals surface area contributed by atoms with Crippen LogP contribution in [0.3, 0.4) is 0 Å². The molecule has 1 saturated heterocycles. The zero-order valence-electron chi connectivity index (χ0n) is 9.63. The predicted molar refractivity (Wildman–Crippen MR) is 59.2 cm³/mol. The number of hydrogen-bond donors (Lipinski definition) is 1. The first-order valence-corrected chi connectivity index (χ1v) is 5.82. The van der Waals surface area contributed by atoms with Crippen molar-refractivity contribution in [2.45, 2.75) is 25.8 Å². The van der Waals surface area contributed by atoms with E-state index in [4.69, 9.17) is 4.52 Å². The molecule has 0 aliphatic carbocycles. The zero-order valence-corrected chi connectivity index (χ0v) is 9.63. The lowest BCUT2D eigenvalue weighted by Gasteiger charge is -2.05. The minimum absolute atomic E-state index is 0.379. The molecule has 3 rings (SSSR count). The van der Waals surface area contributed by atoms with Crippen molar-refractivity contribution >= 4 is 0 Å². The second-order valence-electron chi connectivity index (χ2n) is 4.10. The first-order chi connectivity index (χ1) is 8.36. The molecule has 1 atom stereocenters. The second kappa shape index (κ2) is 4.25. The Kier molecular flexibility index (Phi) is 2.60. The molecular weight excluding hydrogens is 220 g/mol. The summed E-state index contributed by atoms with van der Waals surface area (Å²) in [5.74, 6) is 1.14. The van der Waals surface area contributed by atoms with Crippen LogP contribution in [0.15, 0.2) is 10.7 Å². The van der Waals surface area contributed by atoms with Crippen LogP contribution >= 0.6 is 0 Å². The quantitative estimate of drug-likeness (QED) is 0.829. The molecule has 0 saturated carbocycles. The van der Waals surface area contributed by atoms with Crippen LogP contribution in [-0.4, -0.2) is 38.2 Å². The summed E-state index contributed by atoms with van der Waals surface area (Å²) in [6.45, 7) is 3.95. The molecule has 2 aromatic heterocycles. The van der Waals surface area contributed by atoms with Gasteiger partial charge in [0.05, 0.1) is 12.2 Å². The van der Waals surface area contributed by atoms with Crippen molar-refractivity contribution in [1.29, 1.82) is 0 Å². The van der Waals surface area contributed by atoms with Crippen LogP contribution in [0.1, 0.15) is 25.2 Å². The first kappa shape index (κ1) is 10.4. The fourth-order valence-electron chi connectivity index (χ4n) is 1.92. The average molecular weight is 234 g/mol. The Bertz CT molecular complexity index is 498. The molecule has 0 bridgehead atoms. The van der Waals surface area contributed by atoms with Crippen molar-refractivity contribution in [3.8, 4) is 11.6 Å². The summed E-state index contributed by atoms with van der Waals surface area (Å²) in [5, 5.41) is 15.3. The van der Waals surface area contributed by atoms with Crippen LogP contribution in [0.5, 0.6) is 0 Å². The Labute approximate surface area is 98.2 Å². The van der Waals surface area contributed by atoms with Crippen LogP contribution in [0.25, 0.3) is 11.6 Å². The fourth-order valence-corrected chi connectivity index (χ4v) is 1.92. The van der Waals surface area contributed by atoms with Crippen molar-refractivity contribution < 1.29 is 4.52 Å². The maximum Gasteiger partial charge on any atom is 0.280 e. The maximum absolute atomic E-state index is 5.12. The molecule has 7 nitrogen and oxygen atoms in total. The smallest absolute Gasteiger partial charge is 0.280 e. The highest BCUT2D eigenvalue weighted by Gasteiger charge is 2.19. The van der Waals surface area contributed by atoms with E-state index in [0.717, 1.165) is 25.9 Å². The molecule has 1 aliphatic heterocycles. The maximum atomic E-state index is 5.12. The molecule has 0 aromatic carbocycles. The van der Waals surface area contributed by atoms with Gasteiger partial charge in [0.15, 0.2) is 11.5 Å². The summed E-state index contributed by atoms with van der Waals surface area (Å²) in [7, 11) is 0. The third-order valence-corrected chi connectivity index (χ3v) is 2.92. The standard InChI is InChI=1S/C10H14N6O/c1-2-9-12-10(17-14-9)8-6-16(15-13-8)7-3-4-11-5-7/h6-7,11H,2-5H2,1H3/t7-/m0/s1. The molecule has 2 aromatic rings. The van der Waals surface area contributed by atoms with Crippen molar-refractivity contribution in [2.75, 3.05) is 13.1 Å². The summed E-state index contributed by atoms with van der Waals surface area (Å²) < 4.78 is 6.99. The first-order valence-electron chi connectivity index (χ1n) is 5.82. The summed E-state index contributed by atoms with van der Waals surface area (Å²) in [4.78, 5) is 4.23. The van der Waals surface area contributed by atoms with E-state index in [2.05, 4.69) is 25.8 Å². The van der Waals surface area contributed by atoms with Gasteiger partial charge < -0.3 is 9.84 Å². The Morgan fingerprint density at radius 3 is 3.24 bits per heavy atom.